The molecule has 0 saturated carbocycles. The largest absolute Gasteiger partial charge is 0.494 e. The molecule has 1 aliphatic rings. The molecule has 1 aromatic heterocycles. The van der Waals surface area contributed by atoms with Crippen LogP contribution in [0.5, 0.6) is 5.75 Å². The van der Waals surface area contributed by atoms with Crippen LogP contribution < -0.4 is 10.1 Å². The summed E-state index contributed by atoms with van der Waals surface area (Å²) in [7, 11) is 1.64. The summed E-state index contributed by atoms with van der Waals surface area (Å²) >= 11 is 18.6. The molecule has 1 N–H and O–H groups in total. The molecule has 0 fully saturated rings. The van der Waals surface area contributed by atoms with Gasteiger partial charge in [0.2, 0.25) is 0 Å². The van der Waals surface area contributed by atoms with Gasteiger partial charge in [-0.05, 0) is 49.6 Å². The molecule has 0 unspecified atom stereocenters. The summed E-state index contributed by atoms with van der Waals surface area (Å²) in [5.74, 6) is 1.67. The highest BCUT2D eigenvalue weighted by atomic mass is 35.5. The van der Waals surface area contributed by atoms with Crippen molar-refractivity contribution < 1.29 is 4.74 Å². The molecule has 4 rings (SSSR count). The molecule has 1 aliphatic heterocycles. The summed E-state index contributed by atoms with van der Waals surface area (Å²) in [6.45, 7) is 0.891. The van der Waals surface area contributed by atoms with E-state index < -0.39 is 0 Å². The number of rotatable bonds is 3. The van der Waals surface area contributed by atoms with Crippen LogP contribution in [0.15, 0.2) is 36.4 Å². The Labute approximate surface area is 173 Å². The van der Waals surface area contributed by atoms with E-state index in [1.54, 1.807) is 19.2 Å². The zero-order valence-corrected chi connectivity index (χ0v) is 17.0. The zero-order chi connectivity index (χ0) is 19.0. The van der Waals surface area contributed by atoms with Crippen molar-refractivity contribution in [2.75, 3.05) is 19.0 Å². The monoisotopic (exact) mass is 421 g/mol. The van der Waals surface area contributed by atoms with Crippen LogP contribution in [0.2, 0.25) is 15.1 Å². The molecular weight excluding hydrogens is 405 g/mol. The van der Waals surface area contributed by atoms with Gasteiger partial charge in [0.15, 0.2) is 0 Å². The van der Waals surface area contributed by atoms with E-state index in [1.165, 1.54) is 0 Å². The molecule has 140 valence electrons. The number of fused-ring (bicyclic) bond motifs is 1. The lowest BCUT2D eigenvalue weighted by Gasteiger charge is -2.13. The predicted octanol–water partition coefficient (Wildman–Crippen LogP) is 6.26. The number of hydrogen-bond donors (Lipinski definition) is 1. The quantitative estimate of drug-likeness (QED) is 0.541. The van der Waals surface area contributed by atoms with Crippen LogP contribution in [-0.4, -0.2) is 23.4 Å². The van der Waals surface area contributed by atoms with E-state index >= 15 is 0 Å². The molecule has 4 nitrogen and oxygen atoms in total. The van der Waals surface area contributed by atoms with Gasteiger partial charge in [-0.1, -0.05) is 40.9 Å². The predicted molar refractivity (Wildman–Crippen MR) is 112 cm³/mol. The van der Waals surface area contributed by atoms with Crippen LogP contribution in [0.1, 0.15) is 18.4 Å². The fourth-order valence-electron chi connectivity index (χ4n) is 3.38. The molecule has 0 bridgehead atoms. The highest BCUT2D eigenvalue weighted by Crippen LogP contribution is 2.38. The number of methoxy groups -OCH3 is 1. The molecule has 2 aromatic carbocycles. The number of halogens is 3. The molecule has 0 aliphatic carbocycles. The van der Waals surface area contributed by atoms with Gasteiger partial charge in [0.1, 0.15) is 17.3 Å². The number of ether oxygens (including phenoxy) is 1. The van der Waals surface area contributed by atoms with Crippen molar-refractivity contribution in [2.45, 2.75) is 19.3 Å². The molecule has 0 radical (unpaired) electrons. The van der Waals surface area contributed by atoms with E-state index in [0.717, 1.165) is 54.1 Å². The van der Waals surface area contributed by atoms with Gasteiger partial charge < -0.3 is 10.1 Å². The second-order valence-electron chi connectivity index (χ2n) is 6.42. The summed E-state index contributed by atoms with van der Waals surface area (Å²) in [5, 5.41) is 10.1. The Morgan fingerprint density at radius 3 is 2.67 bits per heavy atom. The van der Waals surface area contributed by atoms with Gasteiger partial charge >= 0.3 is 0 Å². The van der Waals surface area contributed by atoms with E-state index in [1.807, 2.05) is 28.9 Å². The van der Waals surface area contributed by atoms with E-state index in [0.29, 0.717) is 20.8 Å². The zero-order valence-electron chi connectivity index (χ0n) is 14.7. The minimum Gasteiger partial charge on any atom is -0.494 e. The van der Waals surface area contributed by atoms with Crippen molar-refractivity contribution in [1.82, 2.24) is 9.78 Å². The lowest BCUT2D eigenvalue weighted by molar-refractivity contribution is 0.412. The number of nitrogens with one attached hydrogen (secondary N) is 1. The standard InChI is InChI=1S/C20H18Cl3N3O/c1-27-18-8-6-13(21)11-17(18)26-20-14(4-2-3-9-24-20)19(25-26)12-5-7-15(22)16(23)10-12/h5-8,10-11,24H,2-4,9H2,1H3. The first kappa shape index (κ1) is 18.5. The Kier molecular flexibility index (Phi) is 5.22. The average Bonchev–Trinajstić information content (AvgIpc) is 2.85. The van der Waals surface area contributed by atoms with Gasteiger partial charge in [-0.25, -0.2) is 4.68 Å². The molecular formula is C20H18Cl3N3O. The third-order valence-electron chi connectivity index (χ3n) is 4.69. The highest BCUT2D eigenvalue weighted by molar-refractivity contribution is 6.42. The fourth-order valence-corrected chi connectivity index (χ4v) is 3.85. The van der Waals surface area contributed by atoms with Crippen molar-refractivity contribution in [3.8, 4) is 22.7 Å². The number of benzene rings is 2. The maximum absolute atomic E-state index is 6.25. The molecule has 2 heterocycles. The van der Waals surface area contributed by atoms with Crippen LogP contribution in [0.4, 0.5) is 5.82 Å². The third kappa shape index (κ3) is 3.49. The SMILES string of the molecule is COc1ccc(Cl)cc1-n1nc(-c2ccc(Cl)c(Cl)c2)c2c1NCCCC2. The molecule has 27 heavy (non-hydrogen) atoms. The average molecular weight is 423 g/mol. The second kappa shape index (κ2) is 7.63. The third-order valence-corrected chi connectivity index (χ3v) is 5.67. The Bertz CT molecular complexity index is 1000. The van der Waals surface area contributed by atoms with Crippen molar-refractivity contribution in [1.29, 1.82) is 0 Å². The molecule has 7 heteroatoms. The lowest BCUT2D eigenvalue weighted by Crippen LogP contribution is -2.08. The van der Waals surface area contributed by atoms with E-state index in [-0.39, 0.29) is 0 Å². The highest BCUT2D eigenvalue weighted by Gasteiger charge is 2.23. The maximum atomic E-state index is 6.25. The topological polar surface area (TPSA) is 39.1 Å². The Hall–Kier alpha value is -1.88. The van der Waals surface area contributed by atoms with Crippen molar-refractivity contribution in [2.24, 2.45) is 0 Å². The first-order chi connectivity index (χ1) is 13.1. The summed E-state index contributed by atoms with van der Waals surface area (Å²) in [4.78, 5) is 0. The van der Waals surface area contributed by atoms with Crippen LogP contribution in [0, 0.1) is 0 Å². The maximum Gasteiger partial charge on any atom is 0.144 e. The van der Waals surface area contributed by atoms with Crippen molar-refractivity contribution in [3.63, 3.8) is 0 Å². The number of anilines is 1. The first-order valence-electron chi connectivity index (χ1n) is 8.73. The van der Waals surface area contributed by atoms with E-state index in [2.05, 4.69) is 5.32 Å². The molecule has 0 atom stereocenters. The first-order valence-corrected chi connectivity index (χ1v) is 9.87. The minimum absolute atomic E-state index is 0.513. The smallest absolute Gasteiger partial charge is 0.144 e. The van der Waals surface area contributed by atoms with Crippen LogP contribution in [-0.2, 0) is 6.42 Å². The van der Waals surface area contributed by atoms with Gasteiger partial charge in [-0.15, -0.1) is 0 Å². The van der Waals surface area contributed by atoms with E-state index in [4.69, 9.17) is 44.6 Å². The molecule has 0 amide bonds. The van der Waals surface area contributed by atoms with Gasteiger partial charge in [0.05, 0.1) is 22.8 Å². The normalized spacial score (nSPS) is 13.6. The van der Waals surface area contributed by atoms with Crippen LogP contribution in [0.3, 0.4) is 0 Å². The van der Waals surface area contributed by atoms with Gasteiger partial charge in [0, 0.05) is 22.7 Å². The summed E-state index contributed by atoms with van der Waals surface area (Å²) < 4.78 is 7.42. The Balaban J connectivity index is 1.95. The summed E-state index contributed by atoms with van der Waals surface area (Å²) in [5.41, 5.74) is 3.78. The number of hydrogen-bond acceptors (Lipinski definition) is 3. The summed E-state index contributed by atoms with van der Waals surface area (Å²) in [6, 6.07) is 11.1. The van der Waals surface area contributed by atoms with Crippen LogP contribution >= 0.6 is 34.8 Å². The molecule has 0 saturated heterocycles. The second-order valence-corrected chi connectivity index (χ2v) is 7.67. The molecule has 3 aromatic rings. The van der Waals surface area contributed by atoms with Crippen molar-refractivity contribution in [3.05, 3.63) is 57.0 Å². The molecule has 0 spiro atoms. The van der Waals surface area contributed by atoms with E-state index in [9.17, 15) is 0 Å². The fraction of sp³-hybridized carbons (Fsp3) is 0.250. The van der Waals surface area contributed by atoms with Crippen LogP contribution in [0.25, 0.3) is 16.9 Å². The van der Waals surface area contributed by atoms with Gasteiger partial charge in [-0.3, -0.25) is 0 Å². The Morgan fingerprint density at radius 2 is 1.89 bits per heavy atom. The van der Waals surface area contributed by atoms with Gasteiger partial charge in [-0.2, -0.15) is 5.10 Å². The number of aromatic nitrogens is 2. The number of nitrogens with zero attached hydrogens (tertiary/aromatic N) is 2. The van der Waals surface area contributed by atoms with Crippen molar-refractivity contribution >= 4 is 40.6 Å². The Morgan fingerprint density at radius 1 is 1.04 bits per heavy atom. The minimum atomic E-state index is 0.513. The summed E-state index contributed by atoms with van der Waals surface area (Å²) in [6.07, 6.45) is 3.12. The lowest BCUT2D eigenvalue weighted by atomic mass is 10.0. The van der Waals surface area contributed by atoms with Gasteiger partial charge in [0.25, 0.3) is 0 Å².